The molecular weight excluding hydrogens is 324 g/mol. The smallest absolute Gasteiger partial charge is 0.411 e. The minimum Gasteiger partial charge on any atom is -0.453 e. The number of carbonyl (C=O) groups excluding carboxylic acids is 1. The van der Waals surface area contributed by atoms with Crippen LogP contribution in [0.1, 0.15) is 12.0 Å². The molecule has 140 valence electrons. The summed E-state index contributed by atoms with van der Waals surface area (Å²) >= 11 is 0. The van der Waals surface area contributed by atoms with Crippen LogP contribution in [0.4, 0.5) is 10.5 Å². The van der Waals surface area contributed by atoms with Crippen molar-refractivity contribution in [3.63, 3.8) is 0 Å². The second-order valence-corrected chi connectivity index (χ2v) is 5.12. The second-order valence-electron chi connectivity index (χ2n) is 5.12. The first kappa shape index (κ1) is 20.7. The Hall–Kier alpha value is -2.32. The van der Waals surface area contributed by atoms with E-state index in [2.05, 4.69) is 25.7 Å². The van der Waals surface area contributed by atoms with Crippen molar-refractivity contribution in [2.45, 2.75) is 13.0 Å². The van der Waals surface area contributed by atoms with E-state index in [-0.39, 0.29) is 0 Å². The predicted molar refractivity (Wildman–Crippen MR) is 98.0 cm³/mol. The Labute approximate surface area is 148 Å². The molecule has 8 heteroatoms. The van der Waals surface area contributed by atoms with Crippen molar-refractivity contribution in [3.8, 4) is 0 Å². The van der Waals surface area contributed by atoms with Gasteiger partial charge in [-0.3, -0.25) is 10.3 Å². The fourth-order valence-corrected chi connectivity index (χ4v) is 1.91. The second kappa shape index (κ2) is 13.0. The highest BCUT2D eigenvalue weighted by Crippen LogP contribution is 2.09. The summed E-state index contributed by atoms with van der Waals surface area (Å²) in [5.74, 6) is 0.730. The SMILES string of the molecule is CN=C(NCCCOCCOC)NCc1ccc(NC(=O)OC)cc1. The van der Waals surface area contributed by atoms with Crippen LogP contribution >= 0.6 is 0 Å². The number of nitrogens with one attached hydrogen (secondary N) is 3. The summed E-state index contributed by atoms with van der Waals surface area (Å²) in [5, 5.41) is 9.07. The lowest BCUT2D eigenvalue weighted by Gasteiger charge is -2.12. The van der Waals surface area contributed by atoms with E-state index in [4.69, 9.17) is 9.47 Å². The van der Waals surface area contributed by atoms with Gasteiger partial charge in [-0.1, -0.05) is 12.1 Å². The largest absolute Gasteiger partial charge is 0.453 e. The Morgan fingerprint density at radius 3 is 2.48 bits per heavy atom. The molecule has 0 radical (unpaired) electrons. The zero-order chi connectivity index (χ0) is 18.3. The summed E-state index contributed by atoms with van der Waals surface area (Å²) < 4.78 is 14.9. The normalized spacial score (nSPS) is 11.1. The molecule has 1 aromatic carbocycles. The van der Waals surface area contributed by atoms with Crippen molar-refractivity contribution in [1.82, 2.24) is 10.6 Å². The number of benzene rings is 1. The molecule has 0 unspecified atom stereocenters. The maximum atomic E-state index is 11.1. The molecule has 0 saturated heterocycles. The molecule has 8 nitrogen and oxygen atoms in total. The van der Waals surface area contributed by atoms with Crippen LogP contribution in [-0.2, 0) is 20.8 Å². The lowest BCUT2D eigenvalue weighted by Crippen LogP contribution is -2.37. The molecule has 0 aliphatic rings. The molecule has 0 aromatic heterocycles. The van der Waals surface area contributed by atoms with Gasteiger partial charge in [-0.25, -0.2) is 4.79 Å². The van der Waals surface area contributed by atoms with Crippen molar-refractivity contribution in [2.75, 3.05) is 52.9 Å². The number of carbonyl (C=O) groups is 1. The van der Waals surface area contributed by atoms with E-state index in [0.717, 1.165) is 24.5 Å². The maximum absolute atomic E-state index is 11.1. The van der Waals surface area contributed by atoms with Gasteiger partial charge < -0.3 is 24.8 Å². The van der Waals surface area contributed by atoms with Gasteiger partial charge in [0.1, 0.15) is 0 Å². The Morgan fingerprint density at radius 1 is 1.08 bits per heavy atom. The third-order valence-corrected chi connectivity index (χ3v) is 3.26. The molecule has 1 aromatic rings. The Kier molecular flexibility index (Phi) is 10.8. The van der Waals surface area contributed by atoms with Gasteiger partial charge in [0.25, 0.3) is 0 Å². The number of methoxy groups -OCH3 is 2. The van der Waals surface area contributed by atoms with Crippen LogP contribution in [0.25, 0.3) is 0 Å². The van der Waals surface area contributed by atoms with Gasteiger partial charge >= 0.3 is 6.09 Å². The number of rotatable bonds is 10. The van der Waals surface area contributed by atoms with Crippen LogP contribution in [0, 0.1) is 0 Å². The minimum absolute atomic E-state index is 0.485. The first-order valence-electron chi connectivity index (χ1n) is 8.14. The van der Waals surface area contributed by atoms with Gasteiger partial charge in [-0.15, -0.1) is 0 Å². The monoisotopic (exact) mass is 352 g/mol. The maximum Gasteiger partial charge on any atom is 0.411 e. The number of aliphatic imine (C=N–C) groups is 1. The Bertz CT molecular complexity index is 520. The zero-order valence-electron chi connectivity index (χ0n) is 15.1. The van der Waals surface area contributed by atoms with Crippen LogP contribution in [-0.4, -0.2) is 59.7 Å². The highest BCUT2D eigenvalue weighted by molar-refractivity contribution is 5.84. The molecule has 1 amide bonds. The van der Waals surface area contributed by atoms with Gasteiger partial charge in [-0.05, 0) is 24.1 Å². The first-order chi connectivity index (χ1) is 12.2. The van der Waals surface area contributed by atoms with E-state index < -0.39 is 6.09 Å². The number of hydrogen-bond donors (Lipinski definition) is 3. The van der Waals surface area contributed by atoms with Crippen LogP contribution in [0.5, 0.6) is 0 Å². The molecule has 0 aliphatic carbocycles. The summed E-state index contributed by atoms with van der Waals surface area (Å²) in [4.78, 5) is 15.3. The van der Waals surface area contributed by atoms with Crippen LogP contribution < -0.4 is 16.0 Å². The van der Waals surface area contributed by atoms with Gasteiger partial charge in [0.2, 0.25) is 0 Å². The fraction of sp³-hybridized carbons (Fsp3) is 0.529. The Balaban J connectivity index is 2.24. The van der Waals surface area contributed by atoms with E-state index in [0.29, 0.717) is 32.1 Å². The molecular formula is C17H28N4O4. The van der Waals surface area contributed by atoms with Crippen LogP contribution in [0.3, 0.4) is 0 Å². The number of nitrogens with zero attached hydrogens (tertiary/aromatic N) is 1. The zero-order valence-corrected chi connectivity index (χ0v) is 15.1. The third kappa shape index (κ3) is 9.53. The number of amides is 1. The number of ether oxygens (including phenoxy) is 3. The highest BCUT2D eigenvalue weighted by Gasteiger charge is 2.01. The third-order valence-electron chi connectivity index (χ3n) is 3.26. The molecule has 0 atom stereocenters. The topological polar surface area (TPSA) is 93.2 Å². The van der Waals surface area contributed by atoms with Crippen LogP contribution in [0.15, 0.2) is 29.3 Å². The van der Waals surface area contributed by atoms with Crippen molar-refractivity contribution < 1.29 is 19.0 Å². The number of hydrogen-bond acceptors (Lipinski definition) is 5. The molecule has 0 aliphatic heterocycles. The summed E-state index contributed by atoms with van der Waals surface area (Å²) in [5.41, 5.74) is 1.76. The van der Waals surface area contributed by atoms with E-state index in [1.54, 1.807) is 14.2 Å². The van der Waals surface area contributed by atoms with Crippen molar-refractivity contribution in [2.24, 2.45) is 4.99 Å². The summed E-state index contributed by atoms with van der Waals surface area (Å²) in [6.45, 7) is 3.31. The molecule has 0 fully saturated rings. The first-order valence-corrected chi connectivity index (χ1v) is 8.14. The fourth-order valence-electron chi connectivity index (χ4n) is 1.91. The minimum atomic E-state index is -0.485. The van der Waals surface area contributed by atoms with E-state index in [1.807, 2.05) is 24.3 Å². The molecule has 0 saturated carbocycles. The molecule has 25 heavy (non-hydrogen) atoms. The van der Waals surface area contributed by atoms with Gasteiger partial charge in [-0.2, -0.15) is 0 Å². The highest BCUT2D eigenvalue weighted by atomic mass is 16.5. The average Bonchev–Trinajstić information content (AvgIpc) is 2.64. The molecule has 1 rings (SSSR count). The molecule has 0 heterocycles. The standard InChI is InChI=1S/C17H28N4O4/c1-18-16(19-9-4-10-25-12-11-23-2)20-13-14-5-7-15(8-6-14)21-17(22)24-3/h5-8H,4,9-13H2,1-3H3,(H,21,22)(H2,18,19,20). The Morgan fingerprint density at radius 2 is 1.84 bits per heavy atom. The van der Waals surface area contributed by atoms with E-state index in [9.17, 15) is 4.79 Å². The molecule has 0 bridgehead atoms. The lowest BCUT2D eigenvalue weighted by molar-refractivity contribution is 0.0698. The van der Waals surface area contributed by atoms with Gasteiger partial charge in [0, 0.05) is 39.5 Å². The predicted octanol–water partition coefficient (Wildman–Crippen LogP) is 1.58. The van der Waals surface area contributed by atoms with E-state index >= 15 is 0 Å². The summed E-state index contributed by atoms with van der Waals surface area (Å²) in [7, 11) is 4.72. The summed E-state index contributed by atoms with van der Waals surface area (Å²) in [6, 6.07) is 7.49. The molecule has 0 spiro atoms. The summed E-state index contributed by atoms with van der Waals surface area (Å²) in [6.07, 6.45) is 0.403. The van der Waals surface area contributed by atoms with Gasteiger partial charge in [0.05, 0.1) is 20.3 Å². The quantitative estimate of drug-likeness (QED) is 0.336. The number of anilines is 1. The van der Waals surface area contributed by atoms with Crippen molar-refractivity contribution >= 4 is 17.7 Å². The van der Waals surface area contributed by atoms with Crippen molar-refractivity contribution in [1.29, 1.82) is 0 Å². The number of guanidine groups is 1. The van der Waals surface area contributed by atoms with Gasteiger partial charge in [0.15, 0.2) is 5.96 Å². The van der Waals surface area contributed by atoms with Crippen LogP contribution in [0.2, 0.25) is 0 Å². The lowest BCUT2D eigenvalue weighted by atomic mass is 10.2. The molecule has 3 N–H and O–H groups in total. The average molecular weight is 352 g/mol. The van der Waals surface area contributed by atoms with E-state index in [1.165, 1.54) is 7.11 Å². The van der Waals surface area contributed by atoms with Crippen molar-refractivity contribution in [3.05, 3.63) is 29.8 Å².